The SMILES string of the molecule is CCNC(=NCc1ncnn1C)NC(C)c1cc2ccccc2o1.I. The van der Waals surface area contributed by atoms with Gasteiger partial charge in [-0.15, -0.1) is 24.0 Å². The van der Waals surface area contributed by atoms with Gasteiger partial charge in [0.25, 0.3) is 0 Å². The van der Waals surface area contributed by atoms with Crippen LogP contribution in [-0.4, -0.2) is 27.3 Å². The van der Waals surface area contributed by atoms with E-state index in [-0.39, 0.29) is 30.0 Å². The van der Waals surface area contributed by atoms with Crippen molar-refractivity contribution in [2.24, 2.45) is 12.0 Å². The monoisotopic (exact) mass is 454 g/mol. The van der Waals surface area contributed by atoms with Crippen molar-refractivity contribution in [3.63, 3.8) is 0 Å². The van der Waals surface area contributed by atoms with Gasteiger partial charge in [-0.1, -0.05) is 18.2 Å². The van der Waals surface area contributed by atoms with E-state index in [1.807, 2.05) is 45.2 Å². The lowest BCUT2D eigenvalue weighted by molar-refractivity contribution is 0.488. The van der Waals surface area contributed by atoms with Gasteiger partial charge in [-0.05, 0) is 26.0 Å². The van der Waals surface area contributed by atoms with E-state index in [0.717, 1.165) is 29.1 Å². The Kier molecular flexibility index (Phi) is 6.80. The number of aryl methyl sites for hydroxylation is 1. The van der Waals surface area contributed by atoms with Crippen molar-refractivity contribution in [2.45, 2.75) is 26.4 Å². The summed E-state index contributed by atoms with van der Waals surface area (Å²) in [5.74, 6) is 2.40. The number of benzene rings is 1. The lowest BCUT2D eigenvalue weighted by atomic mass is 10.2. The molecule has 0 aliphatic rings. The summed E-state index contributed by atoms with van der Waals surface area (Å²) in [5.41, 5.74) is 0.891. The molecule has 2 aromatic heterocycles. The number of hydrogen-bond donors (Lipinski definition) is 2. The summed E-state index contributed by atoms with van der Waals surface area (Å²) < 4.78 is 7.62. The zero-order valence-electron chi connectivity index (χ0n) is 14.6. The third-order valence-electron chi connectivity index (χ3n) is 3.75. The van der Waals surface area contributed by atoms with E-state index in [1.165, 1.54) is 6.33 Å². The molecule has 25 heavy (non-hydrogen) atoms. The lowest BCUT2D eigenvalue weighted by Gasteiger charge is -2.16. The summed E-state index contributed by atoms with van der Waals surface area (Å²) in [5, 5.41) is 11.8. The molecule has 1 unspecified atom stereocenters. The highest BCUT2D eigenvalue weighted by Gasteiger charge is 2.13. The highest BCUT2D eigenvalue weighted by Crippen LogP contribution is 2.23. The fourth-order valence-corrected chi connectivity index (χ4v) is 2.43. The Bertz CT molecular complexity index is 807. The lowest BCUT2D eigenvalue weighted by Crippen LogP contribution is -2.38. The highest BCUT2D eigenvalue weighted by atomic mass is 127. The van der Waals surface area contributed by atoms with Gasteiger partial charge in [0.2, 0.25) is 0 Å². The number of aromatic nitrogens is 3. The van der Waals surface area contributed by atoms with Crippen LogP contribution in [-0.2, 0) is 13.6 Å². The second-order valence-electron chi connectivity index (χ2n) is 5.55. The van der Waals surface area contributed by atoms with Gasteiger partial charge in [-0.2, -0.15) is 5.10 Å². The Hall–Kier alpha value is -2.10. The van der Waals surface area contributed by atoms with Crippen LogP contribution in [0.25, 0.3) is 11.0 Å². The number of halogens is 1. The van der Waals surface area contributed by atoms with Gasteiger partial charge in [0.15, 0.2) is 5.96 Å². The molecule has 1 atom stereocenters. The maximum absolute atomic E-state index is 5.91. The molecule has 0 bridgehead atoms. The molecule has 8 heteroatoms. The third kappa shape index (κ3) is 4.71. The van der Waals surface area contributed by atoms with Gasteiger partial charge < -0.3 is 15.1 Å². The first-order chi connectivity index (χ1) is 11.7. The molecule has 7 nitrogen and oxygen atoms in total. The van der Waals surface area contributed by atoms with Crippen molar-refractivity contribution in [3.05, 3.63) is 48.2 Å². The Morgan fingerprint density at radius 2 is 2.16 bits per heavy atom. The van der Waals surface area contributed by atoms with Gasteiger partial charge in [-0.25, -0.2) is 9.98 Å². The number of aliphatic imine (C=N–C) groups is 1. The molecule has 134 valence electrons. The van der Waals surface area contributed by atoms with Crippen molar-refractivity contribution in [3.8, 4) is 0 Å². The van der Waals surface area contributed by atoms with Crippen LogP contribution in [0.4, 0.5) is 0 Å². The van der Waals surface area contributed by atoms with Gasteiger partial charge in [0.05, 0.1) is 6.04 Å². The van der Waals surface area contributed by atoms with Crippen molar-refractivity contribution >= 4 is 40.9 Å². The van der Waals surface area contributed by atoms with E-state index < -0.39 is 0 Å². The van der Waals surface area contributed by atoms with Crippen molar-refractivity contribution in [1.82, 2.24) is 25.4 Å². The van der Waals surface area contributed by atoms with Crippen molar-refractivity contribution < 1.29 is 4.42 Å². The summed E-state index contributed by atoms with van der Waals surface area (Å²) >= 11 is 0. The fourth-order valence-electron chi connectivity index (χ4n) is 2.43. The van der Waals surface area contributed by atoms with Gasteiger partial charge >= 0.3 is 0 Å². The van der Waals surface area contributed by atoms with Crippen LogP contribution in [0.5, 0.6) is 0 Å². The van der Waals surface area contributed by atoms with E-state index >= 15 is 0 Å². The minimum Gasteiger partial charge on any atom is -0.459 e. The standard InChI is InChI=1S/C17H22N6O.HI/c1-4-18-17(19-10-16-20-11-21-23(16)3)22-12(2)15-9-13-7-5-6-8-14(13)24-15;/h5-9,11-12H,4,10H2,1-3H3,(H2,18,19,22);1H. The van der Waals surface area contributed by atoms with E-state index in [4.69, 9.17) is 4.42 Å². The summed E-state index contributed by atoms with van der Waals surface area (Å²) in [6, 6.07) is 10.0. The molecule has 0 fully saturated rings. The number of hydrogen-bond acceptors (Lipinski definition) is 4. The van der Waals surface area contributed by atoms with E-state index in [9.17, 15) is 0 Å². The van der Waals surface area contributed by atoms with E-state index in [1.54, 1.807) is 4.68 Å². The maximum Gasteiger partial charge on any atom is 0.192 e. The topological polar surface area (TPSA) is 80.3 Å². The summed E-state index contributed by atoms with van der Waals surface area (Å²) in [4.78, 5) is 8.75. The third-order valence-corrected chi connectivity index (χ3v) is 3.75. The molecule has 0 saturated heterocycles. The first-order valence-electron chi connectivity index (χ1n) is 8.03. The van der Waals surface area contributed by atoms with E-state index in [0.29, 0.717) is 12.5 Å². The summed E-state index contributed by atoms with van der Waals surface area (Å²) in [6.07, 6.45) is 1.53. The molecule has 3 rings (SSSR count). The number of fused-ring (bicyclic) bond motifs is 1. The Morgan fingerprint density at radius 1 is 1.36 bits per heavy atom. The number of rotatable bonds is 5. The number of furan rings is 1. The average molecular weight is 454 g/mol. The predicted octanol–water partition coefficient (Wildman–Crippen LogP) is 3.00. The average Bonchev–Trinajstić information content (AvgIpc) is 3.18. The zero-order chi connectivity index (χ0) is 16.9. The number of para-hydroxylation sites is 1. The Morgan fingerprint density at radius 3 is 2.84 bits per heavy atom. The summed E-state index contributed by atoms with van der Waals surface area (Å²) in [6.45, 7) is 5.31. The van der Waals surface area contributed by atoms with Crippen LogP contribution in [0.3, 0.4) is 0 Å². The van der Waals surface area contributed by atoms with Crippen LogP contribution in [0, 0.1) is 0 Å². The first kappa shape index (κ1) is 19.2. The molecule has 0 radical (unpaired) electrons. The molecular weight excluding hydrogens is 431 g/mol. The normalized spacial score (nSPS) is 12.7. The molecule has 3 aromatic rings. The molecule has 2 N–H and O–H groups in total. The van der Waals surface area contributed by atoms with Crippen LogP contribution in [0.2, 0.25) is 0 Å². The van der Waals surface area contributed by atoms with E-state index in [2.05, 4.69) is 31.8 Å². The molecule has 0 spiro atoms. The minimum absolute atomic E-state index is 0. The molecule has 0 amide bonds. The molecular formula is C17H23IN6O. The van der Waals surface area contributed by atoms with Crippen LogP contribution in [0.1, 0.15) is 31.5 Å². The number of guanidine groups is 1. The molecule has 0 saturated carbocycles. The molecule has 0 aliphatic heterocycles. The quantitative estimate of drug-likeness (QED) is 0.352. The number of nitrogens with zero attached hydrogens (tertiary/aromatic N) is 4. The van der Waals surface area contributed by atoms with Gasteiger partial charge in [0.1, 0.15) is 30.0 Å². The zero-order valence-corrected chi connectivity index (χ0v) is 16.9. The number of nitrogens with one attached hydrogen (secondary N) is 2. The predicted molar refractivity (Wildman–Crippen MR) is 109 cm³/mol. The van der Waals surface area contributed by atoms with Crippen molar-refractivity contribution in [2.75, 3.05) is 6.54 Å². The van der Waals surface area contributed by atoms with Gasteiger partial charge in [0, 0.05) is 19.0 Å². The smallest absolute Gasteiger partial charge is 0.192 e. The van der Waals surface area contributed by atoms with Crippen molar-refractivity contribution in [1.29, 1.82) is 0 Å². The summed E-state index contributed by atoms with van der Waals surface area (Å²) in [7, 11) is 1.86. The largest absolute Gasteiger partial charge is 0.459 e. The molecule has 1 aromatic carbocycles. The minimum atomic E-state index is -0.00491. The molecule has 2 heterocycles. The van der Waals surface area contributed by atoms with Crippen LogP contribution < -0.4 is 10.6 Å². The fraction of sp³-hybridized carbons (Fsp3) is 0.353. The van der Waals surface area contributed by atoms with Crippen LogP contribution in [0.15, 0.2) is 46.1 Å². The van der Waals surface area contributed by atoms with Gasteiger partial charge in [-0.3, -0.25) is 4.68 Å². The Balaban J connectivity index is 0.00000225. The molecule has 0 aliphatic carbocycles. The highest BCUT2D eigenvalue weighted by molar-refractivity contribution is 14.0. The Labute approximate surface area is 163 Å². The first-order valence-corrected chi connectivity index (χ1v) is 8.03. The second kappa shape index (κ2) is 8.84. The van der Waals surface area contributed by atoms with Crippen LogP contribution >= 0.6 is 24.0 Å². The maximum atomic E-state index is 5.91. The second-order valence-corrected chi connectivity index (χ2v) is 5.55.